The lowest BCUT2D eigenvalue weighted by Crippen LogP contribution is -2.43. The van der Waals surface area contributed by atoms with Crippen molar-refractivity contribution < 1.29 is 19.5 Å². The summed E-state index contributed by atoms with van der Waals surface area (Å²) in [4.78, 5) is 20.8. The van der Waals surface area contributed by atoms with E-state index in [4.69, 9.17) is 14.7 Å². The minimum atomic E-state index is -0.745. The van der Waals surface area contributed by atoms with E-state index >= 15 is 0 Å². The first-order valence-corrected chi connectivity index (χ1v) is 9.11. The number of hydrogen-bond acceptors (Lipinski definition) is 6. The van der Waals surface area contributed by atoms with Gasteiger partial charge in [-0.15, -0.1) is 0 Å². The van der Waals surface area contributed by atoms with E-state index in [0.29, 0.717) is 29.4 Å². The molecule has 0 aliphatic heterocycles. The number of aryl methyl sites for hydroxylation is 1. The summed E-state index contributed by atoms with van der Waals surface area (Å²) in [6.45, 7) is 1.85. The Morgan fingerprint density at radius 1 is 1.25 bits per heavy atom. The number of rotatable bonds is 4. The quantitative estimate of drug-likeness (QED) is 0.532. The second-order valence-electron chi connectivity index (χ2n) is 7.08. The molecular weight excluding hydrogens is 358 g/mol. The molecule has 1 atom stereocenters. The van der Waals surface area contributed by atoms with E-state index in [1.807, 2.05) is 31.2 Å². The first-order valence-electron chi connectivity index (χ1n) is 9.11. The number of ether oxygens (including phenoxy) is 2. The third-order valence-electron chi connectivity index (χ3n) is 5.37. The summed E-state index contributed by atoms with van der Waals surface area (Å²) in [5.74, 6) is 1.43. The highest BCUT2D eigenvalue weighted by molar-refractivity contribution is 5.87. The van der Waals surface area contributed by atoms with Crippen LogP contribution in [0.15, 0.2) is 42.6 Å². The van der Waals surface area contributed by atoms with Gasteiger partial charge in [0, 0.05) is 12.3 Å². The summed E-state index contributed by atoms with van der Waals surface area (Å²) < 4.78 is 11.3. The van der Waals surface area contributed by atoms with Gasteiger partial charge in [0.15, 0.2) is 5.65 Å². The van der Waals surface area contributed by atoms with E-state index in [0.717, 1.165) is 29.4 Å². The standard InChI is InChI=1S/C21H21N3O4/c1-21(20(25)24-26)10-3-4-13-12-14(5-7-16(13)21)28-17-9-11-22-19-15(17)6-8-18(23-19)27-2/h5-9,11-12,26H,3-4,10H2,1-2H3,(H,24,25). The number of hydrogen-bond donors (Lipinski definition) is 2. The van der Waals surface area contributed by atoms with Crippen LogP contribution in [0.4, 0.5) is 0 Å². The average Bonchev–Trinajstić information content (AvgIpc) is 2.73. The number of nitrogens with zero attached hydrogens (tertiary/aromatic N) is 2. The molecule has 0 saturated heterocycles. The number of nitrogens with one attached hydrogen (secondary N) is 1. The van der Waals surface area contributed by atoms with E-state index in [9.17, 15) is 4.79 Å². The van der Waals surface area contributed by atoms with Gasteiger partial charge >= 0.3 is 0 Å². The predicted octanol–water partition coefficient (Wildman–Crippen LogP) is 3.53. The first-order chi connectivity index (χ1) is 13.5. The van der Waals surface area contributed by atoms with Crippen molar-refractivity contribution in [1.82, 2.24) is 15.4 Å². The van der Waals surface area contributed by atoms with Gasteiger partial charge in [0.25, 0.3) is 5.91 Å². The van der Waals surface area contributed by atoms with Crippen molar-refractivity contribution in [1.29, 1.82) is 0 Å². The topological polar surface area (TPSA) is 93.6 Å². The lowest BCUT2D eigenvalue weighted by Gasteiger charge is -2.34. The average molecular weight is 379 g/mol. The lowest BCUT2D eigenvalue weighted by atomic mass is 9.71. The molecule has 0 radical (unpaired) electrons. The molecule has 0 fully saturated rings. The molecule has 7 heteroatoms. The maximum absolute atomic E-state index is 12.2. The van der Waals surface area contributed by atoms with Gasteiger partial charge in [-0.25, -0.2) is 10.5 Å². The molecule has 28 heavy (non-hydrogen) atoms. The molecule has 2 heterocycles. The minimum Gasteiger partial charge on any atom is -0.481 e. The number of aromatic nitrogens is 2. The Balaban J connectivity index is 1.69. The van der Waals surface area contributed by atoms with Crippen molar-refractivity contribution in [2.75, 3.05) is 7.11 Å². The number of amides is 1. The first kappa shape index (κ1) is 18.2. The highest BCUT2D eigenvalue weighted by Crippen LogP contribution is 2.40. The van der Waals surface area contributed by atoms with Crippen LogP contribution in [0.25, 0.3) is 11.0 Å². The van der Waals surface area contributed by atoms with Crippen LogP contribution in [0.1, 0.15) is 30.9 Å². The van der Waals surface area contributed by atoms with Gasteiger partial charge in [0.2, 0.25) is 5.88 Å². The van der Waals surface area contributed by atoms with Gasteiger partial charge in [-0.1, -0.05) is 6.07 Å². The largest absolute Gasteiger partial charge is 0.481 e. The van der Waals surface area contributed by atoms with Gasteiger partial charge in [-0.3, -0.25) is 10.0 Å². The van der Waals surface area contributed by atoms with Gasteiger partial charge in [-0.2, -0.15) is 4.98 Å². The maximum Gasteiger partial charge on any atom is 0.253 e. The van der Waals surface area contributed by atoms with Crippen molar-refractivity contribution >= 4 is 16.9 Å². The zero-order chi connectivity index (χ0) is 19.7. The molecule has 1 amide bonds. The van der Waals surface area contributed by atoms with Gasteiger partial charge in [0.1, 0.15) is 11.5 Å². The molecule has 0 spiro atoms. The second kappa shape index (κ2) is 7.09. The highest BCUT2D eigenvalue weighted by Gasteiger charge is 2.39. The Bertz CT molecular complexity index is 1050. The van der Waals surface area contributed by atoms with E-state index in [1.54, 1.807) is 30.9 Å². The third kappa shape index (κ3) is 3.03. The summed E-state index contributed by atoms with van der Waals surface area (Å²) in [5, 5.41) is 9.90. The molecule has 1 unspecified atom stereocenters. The molecule has 2 N–H and O–H groups in total. The van der Waals surface area contributed by atoms with Crippen LogP contribution in [0.2, 0.25) is 0 Å². The molecule has 3 aromatic rings. The van der Waals surface area contributed by atoms with Crippen LogP contribution < -0.4 is 15.0 Å². The number of pyridine rings is 2. The molecule has 0 bridgehead atoms. The molecule has 0 saturated carbocycles. The van der Waals surface area contributed by atoms with E-state index < -0.39 is 5.41 Å². The van der Waals surface area contributed by atoms with Crippen molar-refractivity contribution in [3.63, 3.8) is 0 Å². The molecule has 1 aromatic carbocycles. The highest BCUT2D eigenvalue weighted by atomic mass is 16.5. The Labute approximate surface area is 162 Å². The Kier molecular flexibility index (Phi) is 4.60. The monoisotopic (exact) mass is 379 g/mol. The van der Waals surface area contributed by atoms with Gasteiger partial charge in [-0.05, 0) is 61.6 Å². The van der Waals surface area contributed by atoms with Crippen molar-refractivity contribution in [3.8, 4) is 17.4 Å². The Morgan fingerprint density at radius 3 is 2.89 bits per heavy atom. The van der Waals surface area contributed by atoms with E-state index in [-0.39, 0.29) is 5.91 Å². The number of fused-ring (bicyclic) bond motifs is 2. The van der Waals surface area contributed by atoms with Crippen LogP contribution in [0.5, 0.6) is 17.4 Å². The molecule has 1 aliphatic rings. The Morgan fingerprint density at radius 2 is 2.11 bits per heavy atom. The van der Waals surface area contributed by atoms with Crippen molar-refractivity contribution in [2.45, 2.75) is 31.6 Å². The number of carbonyl (C=O) groups is 1. The number of benzene rings is 1. The number of hydroxylamine groups is 1. The van der Waals surface area contributed by atoms with Gasteiger partial charge in [0.05, 0.1) is 17.9 Å². The summed E-state index contributed by atoms with van der Waals surface area (Å²) >= 11 is 0. The van der Waals surface area contributed by atoms with Crippen LogP contribution in [0.3, 0.4) is 0 Å². The summed E-state index contributed by atoms with van der Waals surface area (Å²) in [6, 6.07) is 11.1. The van der Waals surface area contributed by atoms with Crippen LogP contribution in [-0.2, 0) is 16.6 Å². The second-order valence-corrected chi connectivity index (χ2v) is 7.08. The fourth-order valence-corrected chi connectivity index (χ4v) is 3.82. The molecule has 4 rings (SSSR count). The third-order valence-corrected chi connectivity index (χ3v) is 5.37. The summed E-state index contributed by atoms with van der Waals surface area (Å²) in [6.07, 6.45) is 4.05. The molecule has 2 aromatic heterocycles. The van der Waals surface area contributed by atoms with Crippen molar-refractivity contribution in [2.24, 2.45) is 0 Å². The minimum absolute atomic E-state index is 0.387. The molecule has 7 nitrogen and oxygen atoms in total. The fraction of sp³-hybridized carbons (Fsp3) is 0.286. The summed E-state index contributed by atoms with van der Waals surface area (Å²) in [5.41, 5.74) is 3.57. The van der Waals surface area contributed by atoms with Crippen LogP contribution in [-0.4, -0.2) is 28.2 Å². The maximum atomic E-state index is 12.2. The predicted molar refractivity (Wildman–Crippen MR) is 103 cm³/mol. The molecule has 144 valence electrons. The summed E-state index contributed by atoms with van der Waals surface area (Å²) in [7, 11) is 1.56. The van der Waals surface area contributed by atoms with Gasteiger partial charge < -0.3 is 9.47 Å². The SMILES string of the molecule is COc1ccc2c(Oc3ccc4c(c3)CCCC4(C)C(=O)NO)ccnc2n1. The normalized spacial score (nSPS) is 18.4. The Hall–Kier alpha value is -3.19. The smallest absolute Gasteiger partial charge is 0.253 e. The van der Waals surface area contributed by atoms with E-state index in [1.165, 1.54) is 0 Å². The molecular formula is C21H21N3O4. The number of carbonyl (C=O) groups excluding carboxylic acids is 1. The lowest BCUT2D eigenvalue weighted by molar-refractivity contribution is -0.135. The van der Waals surface area contributed by atoms with Crippen LogP contribution >= 0.6 is 0 Å². The zero-order valence-electron chi connectivity index (χ0n) is 15.7. The fourth-order valence-electron chi connectivity index (χ4n) is 3.82. The van der Waals surface area contributed by atoms with Crippen LogP contribution in [0, 0.1) is 0 Å². The number of methoxy groups -OCH3 is 1. The van der Waals surface area contributed by atoms with E-state index in [2.05, 4.69) is 9.97 Å². The zero-order valence-corrected chi connectivity index (χ0v) is 15.7. The molecule has 1 aliphatic carbocycles. The van der Waals surface area contributed by atoms with Crippen molar-refractivity contribution in [3.05, 3.63) is 53.7 Å².